The highest BCUT2D eigenvalue weighted by molar-refractivity contribution is 7.85. The van der Waals surface area contributed by atoms with E-state index in [0.717, 1.165) is 51.4 Å². The number of carbonyl (C=O) groups excluding carboxylic acids is 2. The Morgan fingerprint density at radius 1 is 0.583 bits per heavy atom. The third-order valence-corrected chi connectivity index (χ3v) is 10.5. The van der Waals surface area contributed by atoms with Gasteiger partial charge in [-0.05, 0) is 77.0 Å². The Hall–Kier alpha value is -2.91. The molecular formula is C47H78O12S. The Kier molecular flexibility index (Phi) is 33.7. The quantitative estimate of drug-likeness (QED) is 0.0203. The highest BCUT2D eigenvalue weighted by Gasteiger charge is 2.46. The fourth-order valence-corrected chi connectivity index (χ4v) is 6.98. The number of ether oxygens (including phenoxy) is 4. The number of hydrogen-bond acceptors (Lipinski definition) is 11. The molecule has 1 heterocycles. The second-order valence-corrected chi connectivity index (χ2v) is 16.8. The van der Waals surface area contributed by atoms with E-state index in [-0.39, 0.29) is 19.4 Å². The topological polar surface area (TPSA) is 186 Å². The number of rotatable bonds is 36. The van der Waals surface area contributed by atoms with Crippen LogP contribution >= 0.6 is 0 Å². The number of allylic oxidation sites excluding steroid dienone is 12. The molecule has 344 valence electrons. The van der Waals surface area contributed by atoms with Crippen molar-refractivity contribution in [1.82, 2.24) is 0 Å². The minimum atomic E-state index is -4.62. The first kappa shape index (κ1) is 55.1. The van der Waals surface area contributed by atoms with Gasteiger partial charge in [-0.15, -0.1) is 0 Å². The largest absolute Gasteiger partial charge is 0.462 e. The maximum atomic E-state index is 12.8. The van der Waals surface area contributed by atoms with Crippen LogP contribution in [0.2, 0.25) is 0 Å². The van der Waals surface area contributed by atoms with Crippen LogP contribution in [0.5, 0.6) is 0 Å². The second-order valence-electron chi connectivity index (χ2n) is 15.3. The smallest absolute Gasteiger partial charge is 0.306 e. The molecule has 0 bridgehead atoms. The molecule has 1 saturated heterocycles. The first-order valence-electron chi connectivity index (χ1n) is 22.5. The Balaban J connectivity index is 2.52. The maximum Gasteiger partial charge on any atom is 0.306 e. The van der Waals surface area contributed by atoms with Crippen molar-refractivity contribution in [3.05, 3.63) is 72.9 Å². The number of hydrogen-bond donors (Lipinski definition) is 4. The van der Waals surface area contributed by atoms with Crippen LogP contribution in [0.3, 0.4) is 0 Å². The van der Waals surface area contributed by atoms with Crippen LogP contribution in [-0.2, 0) is 38.7 Å². The van der Waals surface area contributed by atoms with E-state index in [0.29, 0.717) is 19.3 Å². The van der Waals surface area contributed by atoms with Gasteiger partial charge in [-0.1, -0.05) is 138 Å². The van der Waals surface area contributed by atoms with Gasteiger partial charge in [-0.25, -0.2) is 0 Å². The molecule has 60 heavy (non-hydrogen) atoms. The lowest BCUT2D eigenvalue weighted by Crippen LogP contribution is -2.60. The second kappa shape index (κ2) is 36.7. The molecule has 4 N–H and O–H groups in total. The zero-order chi connectivity index (χ0) is 44.1. The predicted molar refractivity (Wildman–Crippen MR) is 238 cm³/mol. The van der Waals surface area contributed by atoms with Gasteiger partial charge in [0.25, 0.3) is 10.1 Å². The van der Waals surface area contributed by atoms with Gasteiger partial charge in [0.15, 0.2) is 12.4 Å². The van der Waals surface area contributed by atoms with E-state index >= 15 is 0 Å². The van der Waals surface area contributed by atoms with Crippen LogP contribution in [0.1, 0.15) is 155 Å². The summed E-state index contributed by atoms with van der Waals surface area (Å²) < 4.78 is 53.9. The minimum absolute atomic E-state index is 0.0877. The summed E-state index contributed by atoms with van der Waals surface area (Å²) in [4.78, 5) is 25.4. The zero-order valence-electron chi connectivity index (χ0n) is 36.5. The minimum Gasteiger partial charge on any atom is -0.462 e. The van der Waals surface area contributed by atoms with Crippen molar-refractivity contribution in [2.75, 3.05) is 19.0 Å². The summed E-state index contributed by atoms with van der Waals surface area (Å²) in [5, 5.41) is 30.9. The number of esters is 2. The van der Waals surface area contributed by atoms with Crippen molar-refractivity contribution in [2.45, 2.75) is 192 Å². The van der Waals surface area contributed by atoms with Crippen LogP contribution in [0, 0.1) is 0 Å². The fraction of sp³-hybridized carbons (Fsp3) is 0.702. The Morgan fingerprint density at radius 3 is 1.62 bits per heavy atom. The van der Waals surface area contributed by atoms with Gasteiger partial charge in [0.2, 0.25) is 0 Å². The summed E-state index contributed by atoms with van der Waals surface area (Å²) in [5.74, 6) is -2.11. The molecule has 1 rings (SSSR count). The lowest BCUT2D eigenvalue weighted by Gasteiger charge is -2.40. The van der Waals surface area contributed by atoms with Gasteiger partial charge >= 0.3 is 11.9 Å². The van der Waals surface area contributed by atoms with Crippen molar-refractivity contribution < 1.29 is 56.8 Å². The van der Waals surface area contributed by atoms with Gasteiger partial charge in [-0.3, -0.25) is 14.1 Å². The average molecular weight is 867 g/mol. The average Bonchev–Trinajstić information content (AvgIpc) is 3.21. The molecule has 0 aromatic carbocycles. The fourth-order valence-electron chi connectivity index (χ4n) is 6.29. The molecule has 0 radical (unpaired) electrons. The summed E-state index contributed by atoms with van der Waals surface area (Å²) in [6.07, 6.45) is 36.8. The lowest BCUT2D eigenvalue weighted by molar-refractivity contribution is -0.297. The molecule has 0 aromatic heterocycles. The van der Waals surface area contributed by atoms with E-state index in [9.17, 15) is 37.9 Å². The monoisotopic (exact) mass is 867 g/mol. The van der Waals surface area contributed by atoms with E-state index < -0.39 is 71.2 Å². The molecule has 6 atom stereocenters. The molecule has 12 nitrogen and oxygen atoms in total. The summed E-state index contributed by atoms with van der Waals surface area (Å²) in [6, 6.07) is 0. The van der Waals surface area contributed by atoms with Crippen molar-refractivity contribution in [2.24, 2.45) is 0 Å². The molecule has 0 spiro atoms. The van der Waals surface area contributed by atoms with Gasteiger partial charge in [0.05, 0.1) is 6.61 Å². The summed E-state index contributed by atoms with van der Waals surface area (Å²) in [7, 11) is -4.62. The van der Waals surface area contributed by atoms with Gasteiger partial charge in [0, 0.05) is 12.8 Å². The Labute approximate surface area is 361 Å². The van der Waals surface area contributed by atoms with Gasteiger partial charge < -0.3 is 34.3 Å². The molecule has 0 saturated carbocycles. The first-order chi connectivity index (χ1) is 29.0. The Morgan fingerprint density at radius 2 is 1.07 bits per heavy atom. The standard InChI is InChI=1S/C47H78O12S/c1-3-5-7-9-11-13-15-17-19-20-22-24-26-28-30-32-34-36-43(49)58-40(38-57-47-46(52)45(51)44(50)41(59-47)39-60(53,54)55)37-56-42(48)35-33-31-29-27-25-23-21-18-16-14-12-10-8-6-4-2/h6,8,12,14,18,21-22,24-25,27-28,30,40-41,44-47,50-52H,3-5,7,9-11,13,15-17,19-20,23,26,29,31-39H2,1-2H3,(H,53,54,55)/b8-6+,14-12+,21-18+,24-22+,27-25+,30-28+/t40-,41-,44-,45?,46?,47+/m1/s1. The van der Waals surface area contributed by atoms with Crippen LogP contribution in [0.4, 0.5) is 0 Å². The molecule has 13 heteroatoms. The summed E-state index contributed by atoms with van der Waals surface area (Å²) in [6.45, 7) is 3.56. The predicted octanol–water partition coefficient (Wildman–Crippen LogP) is 9.11. The van der Waals surface area contributed by atoms with Crippen molar-refractivity contribution in [1.29, 1.82) is 0 Å². The van der Waals surface area contributed by atoms with Crippen LogP contribution in [0.15, 0.2) is 72.9 Å². The molecule has 0 aliphatic carbocycles. The molecular weight excluding hydrogens is 789 g/mol. The maximum absolute atomic E-state index is 12.8. The normalized spacial score (nSPS) is 20.8. The van der Waals surface area contributed by atoms with Crippen molar-refractivity contribution in [3.63, 3.8) is 0 Å². The molecule has 1 aliphatic heterocycles. The van der Waals surface area contributed by atoms with Crippen molar-refractivity contribution in [3.8, 4) is 0 Å². The third kappa shape index (κ3) is 31.0. The van der Waals surface area contributed by atoms with E-state index in [4.69, 9.17) is 18.9 Å². The van der Waals surface area contributed by atoms with Crippen LogP contribution in [-0.4, -0.2) is 96.0 Å². The number of carbonyl (C=O) groups is 2. The highest BCUT2D eigenvalue weighted by Crippen LogP contribution is 2.24. The Bertz CT molecular complexity index is 1390. The zero-order valence-corrected chi connectivity index (χ0v) is 37.3. The third-order valence-electron chi connectivity index (χ3n) is 9.77. The summed E-state index contributed by atoms with van der Waals surface area (Å²) in [5.41, 5.74) is 0. The first-order valence-corrected chi connectivity index (χ1v) is 24.1. The van der Waals surface area contributed by atoms with Crippen LogP contribution in [0.25, 0.3) is 0 Å². The highest BCUT2D eigenvalue weighted by atomic mass is 32.2. The number of unbranched alkanes of at least 4 members (excludes halogenated alkanes) is 12. The molecule has 0 aromatic rings. The number of aliphatic hydroxyl groups excluding tert-OH is 3. The van der Waals surface area contributed by atoms with Gasteiger partial charge in [0.1, 0.15) is 36.8 Å². The molecule has 1 fully saturated rings. The summed E-state index contributed by atoms with van der Waals surface area (Å²) >= 11 is 0. The van der Waals surface area contributed by atoms with E-state index in [1.807, 2.05) is 6.08 Å². The van der Waals surface area contributed by atoms with E-state index in [1.54, 1.807) is 0 Å². The van der Waals surface area contributed by atoms with Gasteiger partial charge in [-0.2, -0.15) is 8.42 Å². The lowest BCUT2D eigenvalue weighted by atomic mass is 10.00. The molecule has 1 aliphatic rings. The SMILES string of the molecule is CC/C=C/C/C=C/C/C=C/C/C=C/CCCCC(=O)OC[C@H](CO[C@H]1O[C@H](CS(=O)(=O)O)[C@@H](O)C(O)C1O)OC(=O)CCC/C=C/C/C=C/CCCCCCCCCCC. The van der Waals surface area contributed by atoms with Crippen molar-refractivity contribution >= 4 is 22.1 Å². The van der Waals surface area contributed by atoms with E-state index in [1.165, 1.54) is 57.8 Å². The van der Waals surface area contributed by atoms with Crippen LogP contribution < -0.4 is 0 Å². The number of aliphatic hydroxyl groups is 3. The molecule has 2 unspecified atom stereocenters. The molecule has 0 amide bonds. The van der Waals surface area contributed by atoms with E-state index in [2.05, 4.69) is 80.7 Å².